The highest BCUT2D eigenvalue weighted by Gasteiger charge is 2.38. The first-order valence-corrected chi connectivity index (χ1v) is 5.40. The number of aliphatic hydroxyl groups is 1. The van der Waals surface area contributed by atoms with Gasteiger partial charge in [0.15, 0.2) is 0 Å². The Morgan fingerprint density at radius 1 is 1.28 bits per heavy atom. The molecule has 0 radical (unpaired) electrons. The Morgan fingerprint density at radius 3 is 2.44 bits per heavy atom. The zero-order chi connectivity index (χ0) is 13.7. The molecule has 0 aromatic rings. The maximum atomic E-state index is 11.6. The largest absolute Gasteiger partial charge is 0.480 e. The number of amides is 4. The van der Waals surface area contributed by atoms with Gasteiger partial charge in [0.05, 0.1) is 6.10 Å². The summed E-state index contributed by atoms with van der Waals surface area (Å²) in [7, 11) is 0. The number of urea groups is 2. The van der Waals surface area contributed by atoms with E-state index in [1.54, 1.807) is 0 Å². The predicted molar refractivity (Wildman–Crippen MR) is 59.7 cm³/mol. The third-order valence-corrected chi connectivity index (χ3v) is 2.53. The van der Waals surface area contributed by atoms with Crippen LogP contribution in [-0.2, 0) is 4.79 Å². The lowest BCUT2D eigenvalue weighted by atomic mass is 10.2. The molecule has 9 nitrogen and oxygen atoms in total. The van der Waals surface area contributed by atoms with Gasteiger partial charge in [-0.25, -0.2) is 14.4 Å². The molecule has 18 heavy (non-hydrogen) atoms. The number of hydrogen-bond donors (Lipinski definition) is 5. The number of β-amino-alcohol motifs (C(OH)–C–C–N with tert-alkyl or cyclic N) is 1. The van der Waals surface area contributed by atoms with Gasteiger partial charge in [0, 0.05) is 26.1 Å². The summed E-state index contributed by atoms with van der Waals surface area (Å²) in [5.74, 6) is -1.16. The lowest BCUT2D eigenvalue weighted by Crippen LogP contribution is -2.48. The molecule has 0 saturated carbocycles. The topological polar surface area (TPSA) is 145 Å². The fourth-order valence-corrected chi connectivity index (χ4v) is 1.73. The Kier molecular flexibility index (Phi) is 4.72. The summed E-state index contributed by atoms with van der Waals surface area (Å²) in [5, 5.41) is 22.9. The smallest absolute Gasteiger partial charge is 0.326 e. The van der Waals surface area contributed by atoms with Crippen LogP contribution >= 0.6 is 0 Å². The molecule has 1 rings (SSSR count). The summed E-state index contributed by atoms with van der Waals surface area (Å²) in [6.07, 6.45) is -0.817. The molecular weight excluding hydrogens is 244 g/mol. The number of carbonyl (C=O) groups excluding carboxylic acids is 2. The van der Waals surface area contributed by atoms with Crippen LogP contribution in [0.4, 0.5) is 9.59 Å². The molecule has 1 saturated heterocycles. The molecule has 0 unspecified atom stereocenters. The van der Waals surface area contributed by atoms with E-state index in [0.717, 1.165) is 4.90 Å². The van der Waals surface area contributed by atoms with E-state index in [4.69, 9.17) is 10.8 Å². The predicted octanol–water partition coefficient (Wildman–Crippen LogP) is -2.12. The van der Waals surface area contributed by atoms with Crippen LogP contribution in [0.2, 0.25) is 0 Å². The molecule has 0 aromatic carbocycles. The zero-order valence-corrected chi connectivity index (χ0v) is 9.63. The second kappa shape index (κ2) is 6.05. The van der Waals surface area contributed by atoms with Gasteiger partial charge in [0.2, 0.25) is 0 Å². The number of rotatable bonds is 4. The molecule has 2 atom stereocenters. The number of primary amides is 1. The first-order valence-electron chi connectivity index (χ1n) is 5.40. The number of nitrogens with zero attached hydrogens (tertiary/aromatic N) is 1. The van der Waals surface area contributed by atoms with Crippen LogP contribution in [0.15, 0.2) is 0 Å². The van der Waals surface area contributed by atoms with E-state index in [0.29, 0.717) is 0 Å². The van der Waals surface area contributed by atoms with E-state index < -0.39 is 30.2 Å². The molecule has 1 aliphatic rings. The summed E-state index contributed by atoms with van der Waals surface area (Å²) in [5.41, 5.74) is 4.83. The molecule has 0 aliphatic carbocycles. The molecular formula is C9H16N4O5. The molecule has 0 spiro atoms. The molecule has 1 heterocycles. The van der Waals surface area contributed by atoms with E-state index in [-0.39, 0.29) is 26.1 Å². The number of likely N-dealkylation sites (tertiary alicyclic amines) is 1. The summed E-state index contributed by atoms with van der Waals surface area (Å²) in [4.78, 5) is 33.9. The van der Waals surface area contributed by atoms with Gasteiger partial charge in [-0.2, -0.15) is 0 Å². The Labute approximate surface area is 103 Å². The van der Waals surface area contributed by atoms with Crippen molar-refractivity contribution in [2.75, 3.05) is 19.6 Å². The molecule has 4 amide bonds. The highest BCUT2D eigenvalue weighted by molar-refractivity contribution is 5.83. The van der Waals surface area contributed by atoms with Crippen molar-refractivity contribution in [2.45, 2.75) is 18.6 Å². The minimum atomic E-state index is -1.16. The first kappa shape index (κ1) is 14.0. The molecule has 1 fully saturated rings. The van der Waals surface area contributed by atoms with Crippen LogP contribution in [0.25, 0.3) is 0 Å². The quantitative estimate of drug-likeness (QED) is 0.367. The van der Waals surface area contributed by atoms with Crippen LogP contribution in [0, 0.1) is 0 Å². The van der Waals surface area contributed by atoms with Crippen molar-refractivity contribution in [3.8, 4) is 0 Å². The Hall–Kier alpha value is -2.03. The average Bonchev–Trinajstić information content (AvgIpc) is 2.66. The number of carboxylic acids is 1. The number of aliphatic carboxylic acids is 1. The van der Waals surface area contributed by atoms with Gasteiger partial charge in [-0.1, -0.05) is 0 Å². The number of hydrogen-bond acceptors (Lipinski definition) is 4. The van der Waals surface area contributed by atoms with Gasteiger partial charge >= 0.3 is 18.0 Å². The number of nitrogens with two attached hydrogens (primary N) is 1. The summed E-state index contributed by atoms with van der Waals surface area (Å²) in [6, 6.07) is -2.32. The third-order valence-electron chi connectivity index (χ3n) is 2.53. The van der Waals surface area contributed by atoms with Crippen molar-refractivity contribution in [3.05, 3.63) is 0 Å². The van der Waals surface area contributed by atoms with Crippen LogP contribution in [0.5, 0.6) is 0 Å². The summed E-state index contributed by atoms with van der Waals surface area (Å²) < 4.78 is 0. The Balaban J connectivity index is 2.40. The van der Waals surface area contributed by atoms with E-state index in [1.807, 2.05) is 0 Å². The zero-order valence-electron chi connectivity index (χ0n) is 9.63. The van der Waals surface area contributed by atoms with Crippen molar-refractivity contribution in [3.63, 3.8) is 0 Å². The molecule has 9 heteroatoms. The molecule has 0 bridgehead atoms. The second-order valence-corrected chi connectivity index (χ2v) is 3.92. The number of carbonyl (C=O) groups is 3. The maximum absolute atomic E-state index is 11.6. The monoisotopic (exact) mass is 260 g/mol. The van der Waals surface area contributed by atoms with E-state index >= 15 is 0 Å². The van der Waals surface area contributed by atoms with E-state index in [2.05, 4.69) is 10.6 Å². The van der Waals surface area contributed by atoms with Gasteiger partial charge in [-0.3, -0.25) is 0 Å². The maximum Gasteiger partial charge on any atom is 0.326 e. The number of nitrogens with one attached hydrogen (secondary N) is 2. The van der Waals surface area contributed by atoms with Crippen molar-refractivity contribution in [2.24, 2.45) is 5.73 Å². The van der Waals surface area contributed by atoms with Crippen molar-refractivity contribution < 1.29 is 24.6 Å². The first-order chi connectivity index (χ1) is 8.41. The fraction of sp³-hybridized carbons (Fsp3) is 0.667. The molecule has 102 valence electrons. The molecule has 1 aliphatic heterocycles. The van der Waals surface area contributed by atoms with Gasteiger partial charge in [0.25, 0.3) is 0 Å². The molecule has 6 N–H and O–H groups in total. The van der Waals surface area contributed by atoms with Crippen LogP contribution < -0.4 is 16.4 Å². The lowest BCUT2D eigenvalue weighted by Gasteiger charge is -2.21. The van der Waals surface area contributed by atoms with Gasteiger partial charge in [0.1, 0.15) is 6.04 Å². The number of aliphatic hydroxyl groups excluding tert-OH is 1. The van der Waals surface area contributed by atoms with Gasteiger partial charge in [-0.15, -0.1) is 0 Å². The Morgan fingerprint density at radius 2 is 1.89 bits per heavy atom. The number of carboxylic acid groups (broad SMARTS) is 1. The highest BCUT2D eigenvalue weighted by Crippen LogP contribution is 2.17. The van der Waals surface area contributed by atoms with Crippen LogP contribution in [0.1, 0.15) is 6.42 Å². The minimum Gasteiger partial charge on any atom is -0.480 e. The fourth-order valence-electron chi connectivity index (χ4n) is 1.73. The van der Waals surface area contributed by atoms with E-state index in [1.165, 1.54) is 0 Å². The summed E-state index contributed by atoms with van der Waals surface area (Å²) in [6.45, 7) is 0.252. The van der Waals surface area contributed by atoms with E-state index in [9.17, 15) is 19.5 Å². The van der Waals surface area contributed by atoms with Gasteiger partial charge < -0.3 is 31.5 Å². The normalized spacial score (nSPS) is 22.6. The van der Waals surface area contributed by atoms with Crippen molar-refractivity contribution in [1.29, 1.82) is 0 Å². The third kappa shape index (κ3) is 3.77. The van der Waals surface area contributed by atoms with Crippen LogP contribution in [0.3, 0.4) is 0 Å². The van der Waals surface area contributed by atoms with Crippen molar-refractivity contribution >= 4 is 18.0 Å². The second-order valence-electron chi connectivity index (χ2n) is 3.92. The standard InChI is InChI=1S/C9H16N4O5/c10-8(17)11-1-2-12-9(18)13-4-5(14)3-6(13)7(15)16/h5-6,14H,1-4H2,(H,12,18)(H,15,16)(H3,10,11,17)/t5-,6+/m1/s1. The lowest BCUT2D eigenvalue weighted by molar-refractivity contribution is -0.141. The minimum absolute atomic E-state index is 0.0162. The average molecular weight is 260 g/mol. The van der Waals surface area contributed by atoms with Crippen molar-refractivity contribution in [1.82, 2.24) is 15.5 Å². The summed E-state index contributed by atoms with van der Waals surface area (Å²) >= 11 is 0. The Bertz CT molecular complexity index is 348. The van der Waals surface area contributed by atoms with Crippen LogP contribution in [-0.4, -0.2) is 64.9 Å². The van der Waals surface area contributed by atoms with Gasteiger partial charge in [-0.05, 0) is 0 Å². The highest BCUT2D eigenvalue weighted by atomic mass is 16.4. The SMILES string of the molecule is NC(=O)NCCNC(=O)N1C[C@H](O)C[C@H]1C(=O)O. The molecule has 0 aromatic heterocycles.